The molecular weight excluding hydrogens is 438 g/mol. The van der Waals surface area contributed by atoms with Gasteiger partial charge in [-0.05, 0) is 37.8 Å². The summed E-state index contributed by atoms with van der Waals surface area (Å²) in [5, 5.41) is 12.8. The highest BCUT2D eigenvalue weighted by molar-refractivity contribution is 7.15. The molecule has 1 aromatic heterocycles. The minimum atomic E-state index is -0.326. The van der Waals surface area contributed by atoms with E-state index < -0.39 is 0 Å². The van der Waals surface area contributed by atoms with Crippen molar-refractivity contribution >= 4 is 39.9 Å². The van der Waals surface area contributed by atoms with E-state index in [2.05, 4.69) is 29.4 Å². The number of nitrogens with zero attached hydrogens (tertiary/aromatic N) is 4. The van der Waals surface area contributed by atoms with E-state index in [0.29, 0.717) is 43.5 Å². The molecule has 4 rings (SSSR count). The number of aromatic nitrogens is 2. The van der Waals surface area contributed by atoms with E-state index in [1.807, 2.05) is 35.2 Å². The smallest absolute Gasteiger partial charge is 0.229 e. The normalized spacial score (nSPS) is 19.4. The number of likely N-dealkylation sites (tertiary alicyclic amines) is 1. The van der Waals surface area contributed by atoms with Gasteiger partial charge in [-0.2, -0.15) is 0 Å². The third-order valence-corrected chi connectivity index (χ3v) is 7.73. The van der Waals surface area contributed by atoms with E-state index in [-0.39, 0.29) is 36.0 Å². The summed E-state index contributed by atoms with van der Waals surface area (Å²) in [6, 6.07) is 9.47. The zero-order valence-corrected chi connectivity index (χ0v) is 20.0. The molecule has 1 aromatic carbocycles. The Morgan fingerprint density at radius 1 is 1.09 bits per heavy atom. The van der Waals surface area contributed by atoms with E-state index >= 15 is 0 Å². The van der Waals surface area contributed by atoms with Gasteiger partial charge in [-0.15, -0.1) is 10.2 Å². The van der Waals surface area contributed by atoms with Crippen LogP contribution in [0.1, 0.15) is 56.9 Å². The van der Waals surface area contributed by atoms with Crippen molar-refractivity contribution in [1.82, 2.24) is 15.1 Å². The van der Waals surface area contributed by atoms with Crippen molar-refractivity contribution in [2.45, 2.75) is 51.9 Å². The molecule has 1 atom stereocenters. The predicted octanol–water partition coefficient (Wildman–Crippen LogP) is 3.67. The highest BCUT2D eigenvalue weighted by Crippen LogP contribution is 2.30. The van der Waals surface area contributed by atoms with Crippen LogP contribution >= 0.6 is 11.3 Å². The average molecular weight is 470 g/mol. The van der Waals surface area contributed by atoms with Gasteiger partial charge >= 0.3 is 0 Å². The first-order valence-electron chi connectivity index (χ1n) is 11.8. The Balaban J connectivity index is 1.28. The summed E-state index contributed by atoms with van der Waals surface area (Å²) < 4.78 is 0. The van der Waals surface area contributed by atoms with Gasteiger partial charge in [-0.1, -0.05) is 43.4 Å². The highest BCUT2D eigenvalue weighted by atomic mass is 32.1. The molecule has 1 N–H and O–H groups in total. The standard InChI is InChI=1S/C24H31N5O3S/c1-3-16(4-2)22-26-27-24(33-22)25-21(31)17-10-12-28(13-11-17)23(32)18-14-20(30)29(15-18)19-8-6-5-7-9-19/h5-9,16-18H,3-4,10-15H2,1-2H3,(H,25,27,31). The Labute approximate surface area is 198 Å². The van der Waals surface area contributed by atoms with Gasteiger partial charge in [0.1, 0.15) is 5.01 Å². The van der Waals surface area contributed by atoms with Crippen LogP contribution in [0.4, 0.5) is 10.8 Å². The lowest BCUT2D eigenvalue weighted by molar-refractivity contribution is -0.138. The second-order valence-electron chi connectivity index (χ2n) is 8.79. The highest BCUT2D eigenvalue weighted by Gasteiger charge is 2.38. The molecule has 0 spiro atoms. The fourth-order valence-electron chi connectivity index (χ4n) is 4.65. The van der Waals surface area contributed by atoms with Crippen LogP contribution in [0, 0.1) is 11.8 Å². The van der Waals surface area contributed by atoms with Crippen LogP contribution in [0.25, 0.3) is 0 Å². The Kier molecular flexibility index (Phi) is 7.37. The van der Waals surface area contributed by atoms with E-state index in [9.17, 15) is 14.4 Å². The van der Waals surface area contributed by atoms with Crippen molar-refractivity contribution in [2.24, 2.45) is 11.8 Å². The second-order valence-corrected chi connectivity index (χ2v) is 9.80. The Hall–Kier alpha value is -2.81. The molecule has 0 bridgehead atoms. The Morgan fingerprint density at radius 2 is 1.79 bits per heavy atom. The molecule has 3 amide bonds. The lowest BCUT2D eigenvalue weighted by Crippen LogP contribution is -2.44. The topological polar surface area (TPSA) is 95.5 Å². The molecule has 8 nitrogen and oxygen atoms in total. The number of hydrogen-bond donors (Lipinski definition) is 1. The van der Waals surface area contributed by atoms with Crippen LogP contribution in [0.2, 0.25) is 0 Å². The number of anilines is 2. The first-order valence-corrected chi connectivity index (χ1v) is 12.6. The molecule has 1 unspecified atom stereocenters. The molecule has 2 fully saturated rings. The average Bonchev–Trinajstić information content (AvgIpc) is 3.47. The maximum Gasteiger partial charge on any atom is 0.229 e. The van der Waals surface area contributed by atoms with Crippen LogP contribution in [0.15, 0.2) is 30.3 Å². The van der Waals surface area contributed by atoms with Crippen LogP contribution in [0.5, 0.6) is 0 Å². The fourth-order valence-corrected chi connectivity index (χ4v) is 5.66. The summed E-state index contributed by atoms with van der Waals surface area (Å²) in [6.45, 7) is 5.73. The van der Waals surface area contributed by atoms with Gasteiger partial charge in [0.25, 0.3) is 0 Å². The Bertz CT molecular complexity index is 983. The summed E-state index contributed by atoms with van der Waals surface area (Å²) >= 11 is 1.45. The van der Waals surface area contributed by atoms with Crippen LogP contribution in [-0.2, 0) is 14.4 Å². The SMILES string of the molecule is CCC(CC)c1nnc(NC(=O)C2CCN(C(=O)C3CC(=O)N(c4ccccc4)C3)CC2)s1. The quantitative estimate of drug-likeness (QED) is 0.668. The zero-order chi connectivity index (χ0) is 23.4. The summed E-state index contributed by atoms with van der Waals surface area (Å²) in [6.07, 6.45) is 3.46. The lowest BCUT2D eigenvalue weighted by atomic mass is 9.94. The molecule has 2 saturated heterocycles. The number of para-hydroxylation sites is 1. The van der Waals surface area contributed by atoms with Crippen molar-refractivity contribution in [3.63, 3.8) is 0 Å². The molecule has 2 aliphatic heterocycles. The number of piperidine rings is 1. The van der Waals surface area contributed by atoms with E-state index in [1.165, 1.54) is 11.3 Å². The molecule has 9 heteroatoms. The number of benzene rings is 1. The van der Waals surface area contributed by atoms with Gasteiger partial charge in [0, 0.05) is 43.6 Å². The zero-order valence-electron chi connectivity index (χ0n) is 19.2. The van der Waals surface area contributed by atoms with Gasteiger partial charge in [-0.3, -0.25) is 14.4 Å². The van der Waals surface area contributed by atoms with Crippen LogP contribution < -0.4 is 10.2 Å². The third-order valence-electron chi connectivity index (χ3n) is 6.73. The monoisotopic (exact) mass is 469 g/mol. The first kappa shape index (κ1) is 23.4. The van der Waals surface area contributed by atoms with Crippen LogP contribution in [0.3, 0.4) is 0 Å². The summed E-state index contributed by atoms with van der Waals surface area (Å²) in [7, 11) is 0. The molecular formula is C24H31N5O3S. The fraction of sp³-hybridized carbons (Fsp3) is 0.542. The molecule has 2 aliphatic rings. The van der Waals surface area contributed by atoms with Crippen molar-refractivity contribution < 1.29 is 14.4 Å². The number of rotatable bonds is 7. The summed E-state index contributed by atoms with van der Waals surface area (Å²) in [5.74, 6) is -0.157. The van der Waals surface area contributed by atoms with Gasteiger partial charge in [0.2, 0.25) is 22.9 Å². The number of hydrogen-bond acceptors (Lipinski definition) is 6. The molecule has 176 valence electrons. The predicted molar refractivity (Wildman–Crippen MR) is 128 cm³/mol. The number of amides is 3. The number of carbonyl (C=O) groups is 3. The minimum Gasteiger partial charge on any atom is -0.342 e. The minimum absolute atomic E-state index is 0.0135. The van der Waals surface area contributed by atoms with Gasteiger partial charge in [0.05, 0.1) is 5.92 Å². The molecule has 3 heterocycles. The second kappa shape index (κ2) is 10.4. The molecule has 0 aliphatic carbocycles. The van der Waals surface area contributed by atoms with E-state index in [0.717, 1.165) is 23.5 Å². The third kappa shape index (κ3) is 5.24. The lowest BCUT2D eigenvalue weighted by Gasteiger charge is -2.32. The summed E-state index contributed by atoms with van der Waals surface area (Å²) in [5.41, 5.74) is 0.831. The van der Waals surface area contributed by atoms with E-state index in [4.69, 9.17) is 0 Å². The maximum absolute atomic E-state index is 13.0. The molecule has 0 saturated carbocycles. The molecule has 0 radical (unpaired) electrons. The first-order chi connectivity index (χ1) is 16.0. The van der Waals surface area contributed by atoms with Crippen molar-refractivity contribution in [3.8, 4) is 0 Å². The summed E-state index contributed by atoms with van der Waals surface area (Å²) in [4.78, 5) is 41.7. The number of nitrogens with one attached hydrogen (secondary N) is 1. The maximum atomic E-state index is 13.0. The van der Waals surface area contributed by atoms with Gasteiger partial charge in [0.15, 0.2) is 0 Å². The molecule has 33 heavy (non-hydrogen) atoms. The van der Waals surface area contributed by atoms with Gasteiger partial charge < -0.3 is 15.1 Å². The Morgan fingerprint density at radius 3 is 2.45 bits per heavy atom. The molecule has 2 aromatic rings. The largest absolute Gasteiger partial charge is 0.342 e. The van der Waals surface area contributed by atoms with E-state index in [1.54, 1.807) is 4.90 Å². The van der Waals surface area contributed by atoms with Gasteiger partial charge in [-0.25, -0.2) is 0 Å². The van der Waals surface area contributed by atoms with Crippen molar-refractivity contribution in [2.75, 3.05) is 29.9 Å². The number of carbonyl (C=O) groups excluding carboxylic acids is 3. The van der Waals surface area contributed by atoms with Crippen molar-refractivity contribution in [1.29, 1.82) is 0 Å². The van der Waals surface area contributed by atoms with Crippen molar-refractivity contribution in [3.05, 3.63) is 35.3 Å². The van der Waals surface area contributed by atoms with Crippen LogP contribution in [-0.4, -0.2) is 52.5 Å².